The van der Waals surface area contributed by atoms with Crippen LogP contribution in [0.25, 0.3) is 11.2 Å². The Bertz CT molecular complexity index is 1600. The number of fused-ring (bicyclic) bond motifs is 3. The van der Waals surface area contributed by atoms with Crippen molar-refractivity contribution in [3.63, 3.8) is 0 Å². The summed E-state index contributed by atoms with van der Waals surface area (Å²) in [6, 6.07) is 12.8. The van der Waals surface area contributed by atoms with Gasteiger partial charge in [-0.3, -0.25) is 9.20 Å². The highest BCUT2D eigenvalue weighted by Crippen LogP contribution is 2.42. The largest absolute Gasteiger partial charge is 0.488 e. The van der Waals surface area contributed by atoms with E-state index in [4.69, 9.17) is 4.74 Å². The first-order valence-corrected chi connectivity index (χ1v) is 11.3. The van der Waals surface area contributed by atoms with Gasteiger partial charge in [-0.05, 0) is 48.6 Å². The van der Waals surface area contributed by atoms with E-state index in [1.807, 2.05) is 22.7 Å². The van der Waals surface area contributed by atoms with Crippen LogP contribution in [0, 0.1) is 17.1 Å². The van der Waals surface area contributed by atoms with Gasteiger partial charge in [0.2, 0.25) is 5.65 Å². The second kappa shape index (κ2) is 7.70. The summed E-state index contributed by atoms with van der Waals surface area (Å²) < 4.78 is 21.8. The standard InChI is InChI=1S/C27H21FN4O2/c1-15(13-29)24-20-6-2-16(10-18(20)14-34-23-12-19(28)5-7-21(23)24)11-22-25(17-3-4-17)31-26-27(33)30-8-9-32(22)26/h2,5-10,12,17H,3-4,11,14H2,1H3,(H,30,33)/b24-15+. The number of hydrogen-bond acceptors (Lipinski definition) is 4. The van der Waals surface area contributed by atoms with Gasteiger partial charge in [-0.25, -0.2) is 9.37 Å². The molecule has 2 aromatic heterocycles. The van der Waals surface area contributed by atoms with Gasteiger partial charge >= 0.3 is 0 Å². The molecule has 6 nitrogen and oxygen atoms in total. The molecule has 2 aromatic carbocycles. The molecule has 0 radical (unpaired) electrons. The Labute approximate surface area is 195 Å². The first kappa shape index (κ1) is 20.4. The number of hydrogen-bond donors (Lipinski definition) is 1. The van der Waals surface area contributed by atoms with Gasteiger partial charge in [0, 0.05) is 47.5 Å². The molecule has 6 rings (SSSR count). The normalized spacial score (nSPS) is 16.3. The van der Waals surface area contributed by atoms with Gasteiger partial charge in [0.25, 0.3) is 5.56 Å². The average Bonchev–Trinajstić information content (AvgIpc) is 3.63. The third-order valence-electron chi connectivity index (χ3n) is 6.60. The number of rotatable bonds is 3. The summed E-state index contributed by atoms with van der Waals surface area (Å²) in [6.45, 7) is 2.04. The Morgan fingerprint density at radius 1 is 1.26 bits per heavy atom. The Morgan fingerprint density at radius 3 is 2.88 bits per heavy atom. The zero-order valence-corrected chi connectivity index (χ0v) is 18.6. The van der Waals surface area contributed by atoms with E-state index in [1.165, 1.54) is 12.1 Å². The van der Waals surface area contributed by atoms with Crippen LogP contribution in [0.1, 0.15) is 59.3 Å². The third-order valence-corrected chi connectivity index (χ3v) is 6.60. The minimum atomic E-state index is -0.380. The fourth-order valence-corrected chi connectivity index (χ4v) is 4.81. The van der Waals surface area contributed by atoms with Crippen molar-refractivity contribution in [2.45, 2.75) is 38.7 Å². The number of H-pyrrole nitrogens is 1. The van der Waals surface area contributed by atoms with E-state index in [0.717, 1.165) is 46.5 Å². The Hall–Kier alpha value is -4.18. The molecule has 0 amide bonds. The second-order valence-corrected chi connectivity index (χ2v) is 8.91. The Morgan fingerprint density at radius 2 is 2.09 bits per heavy atom. The van der Waals surface area contributed by atoms with Crippen molar-refractivity contribution in [1.29, 1.82) is 5.26 Å². The molecule has 0 unspecified atom stereocenters. The zero-order valence-electron chi connectivity index (χ0n) is 18.6. The molecule has 4 aromatic rings. The molecule has 0 saturated heterocycles. The van der Waals surface area contributed by atoms with E-state index in [1.54, 1.807) is 19.2 Å². The monoisotopic (exact) mass is 452 g/mol. The molecule has 7 heteroatoms. The van der Waals surface area contributed by atoms with Crippen LogP contribution in [0.3, 0.4) is 0 Å². The van der Waals surface area contributed by atoms with Crippen LogP contribution in [0.2, 0.25) is 0 Å². The number of aromatic amines is 1. The van der Waals surface area contributed by atoms with Gasteiger partial charge in [-0.15, -0.1) is 0 Å². The quantitative estimate of drug-likeness (QED) is 0.450. The maximum Gasteiger partial charge on any atom is 0.291 e. The third kappa shape index (κ3) is 3.30. The molecule has 0 bridgehead atoms. The van der Waals surface area contributed by atoms with E-state index in [0.29, 0.717) is 34.9 Å². The Kier molecular flexibility index (Phi) is 4.63. The van der Waals surface area contributed by atoms with Crippen LogP contribution < -0.4 is 10.3 Å². The fourth-order valence-electron chi connectivity index (χ4n) is 4.81. The lowest BCUT2D eigenvalue weighted by Gasteiger charge is -2.13. The molecule has 168 valence electrons. The van der Waals surface area contributed by atoms with Crippen LogP contribution in [0.15, 0.2) is 59.2 Å². The number of allylic oxidation sites excluding steroid dienone is 1. The number of aromatic nitrogens is 3. The highest BCUT2D eigenvalue weighted by atomic mass is 19.1. The number of imidazole rings is 1. The van der Waals surface area contributed by atoms with Gasteiger partial charge < -0.3 is 9.72 Å². The Balaban J connectivity index is 1.46. The van der Waals surface area contributed by atoms with Crippen LogP contribution in [-0.2, 0) is 13.0 Å². The number of nitrogens with zero attached hydrogens (tertiary/aromatic N) is 3. The molecule has 0 spiro atoms. The number of nitrogens with one attached hydrogen (secondary N) is 1. The number of benzene rings is 2. The number of nitriles is 1. The molecule has 1 fully saturated rings. The van der Waals surface area contributed by atoms with Crippen LogP contribution in [0.5, 0.6) is 5.75 Å². The van der Waals surface area contributed by atoms with E-state index >= 15 is 0 Å². The van der Waals surface area contributed by atoms with Crippen molar-refractivity contribution in [2.24, 2.45) is 0 Å². The molecule has 3 heterocycles. The minimum absolute atomic E-state index is 0.197. The van der Waals surface area contributed by atoms with Crippen molar-refractivity contribution < 1.29 is 9.13 Å². The highest BCUT2D eigenvalue weighted by molar-refractivity contribution is 5.88. The summed E-state index contributed by atoms with van der Waals surface area (Å²) in [7, 11) is 0. The van der Waals surface area contributed by atoms with E-state index < -0.39 is 0 Å². The molecular weight excluding hydrogens is 431 g/mol. The summed E-state index contributed by atoms with van der Waals surface area (Å²) in [4.78, 5) is 19.7. The molecule has 0 atom stereocenters. The summed E-state index contributed by atoms with van der Waals surface area (Å²) in [6.07, 6.45) is 6.27. The van der Waals surface area contributed by atoms with Crippen molar-refractivity contribution in [3.05, 3.63) is 104 Å². The summed E-state index contributed by atoms with van der Waals surface area (Å²) >= 11 is 0. The zero-order chi connectivity index (χ0) is 23.4. The minimum Gasteiger partial charge on any atom is -0.488 e. The lowest BCUT2D eigenvalue weighted by atomic mass is 9.89. The van der Waals surface area contributed by atoms with Crippen LogP contribution in [0.4, 0.5) is 4.39 Å². The van der Waals surface area contributed by atoms with Gasteiger partial charge in [-0.1, -0.05) is 18.2 Å². The topological polar surface area (TPSA) is 83.2 Å². The smallest absolute Gasteiger partial charge is 0.291 e. The number of ether oxygens (including phenoxy) is 1. The van der Waals surface area contributed by atoms with E-state index in [9.17, 15) is 14.4 Å². The maximum absolute atomic E-state index is 13.9. The molecule has 34 heavy (non-hydrogen) atoms. The maximum atomic E-state index is 13.9. The molecule has 1 aliphatic carbocycles. The van der Waals surface area contributed by atoms with Crippen LogP contribution in [-0.4, -0.2) is 14.4 Å². The molecular formula is C27H21FN4O2. The van der Waals surface area contributed by atoms with Gasteiger partial charge in [0.1, 0.15) is 18.2 Å². The lowest BCUT2D eigenvalue weighted by Crippen LogP contribution is -2.09. The fraction of sp³-hybridized carbons (Fsp3) is 0.222. The van der Waals surface area contributed by atoms with Crippen LogP contribution >= 0.6 is 0 Å². The molecule has 1 saturated carbocycles. The lowest BCUT2D eigenvalue weighted by molar-refractivity contribution is 0.305. The SMILES string of the molecule is C/C(C#N)=C1/c2ccc(Cc3c(C4CC4)nc4c(=O)[nH]ccn34)cc2COc2cc(F)ccc21. The molecule has 2 aliphatic rings. The van der Waals surface area contributed by atoms with E-state index in [-0.39, 0.29) is 18.0 Å². The average molecular weight is 452 g/mol. The first-order chi connectivity index (χ1) is 16.5. The number of halogens is 1. The van der Waals surface area contributed by atoms with Gasteiger partial charge in [0.05, 0.1) is 17.5 Å². The van der Waals surface area contributed by atoms with Crippen molar-refractivity contribution in [2.75, 3.05) is 0 Å². The predicted octanol–water partition coefficient (Wildman–Crippen LogP) is 4.87. The van der Waals surface area contributed by atoms with Gasteiger partial charge in [0.15, 0.2) is 0 Å². The molecule has 1 aliphatic heterocycles. The molecule has 1 N–H and O–H groups in total. The predicted molar refractivity (Wildman–Crippen MR) is 125 cm³/mol. The summed E-state index contributed by atoms with van der Waals surface area (Å²) in [5.74, 6) is 0.449. The summed E-state index contributed by atoms with van der Waals surface area (Å²) in [5, 5.41) is 9.66. The van der Waals surface area contributed by atoms with E-state index in [2.05, 4.69) is 22.1 Å². The highest BCUT2D eigenvalue weighted by Gasteiger charge is 2.31. The van der Waals surface area contributed by atoms with Crippen molar-refractivity contribution in [1.82, 2.24) is 14.4 Å². The van der Waals surface area contributed by atoms with Crippen molar-refractivity contribution in [3.8, 4) is 11.8 Å². The second-order valence-electron chi connectivity index (χ2n) is 8.91. The van der Waals surface area contributed by atoms with Crippen molar-refractivity contribution >= 4 is 11.2 Å². The summed E-state index contributed by atoms with van der Waals surface area (Å²) in [5.41, 5.74) is 7.15. The first-order valence-electron chi connectivity index (χ1n) is 11.3. The van der Waals surface area contributed by atoms with Gasteiger partial charge in [-0.2, -0.15) is 5.26 Å².